The van der Waals surface area contributed by atoms with Gasteiger partial charge in [-0.3, -0.25) is 13.9 Å². The molecule has 3 aromatic carbocycles. The van der Waals surface area contributed by atoms with Crippen LogP contribution in [0.4, 0.5) is 5.69 Å². The lowest BCUT2D eigenvalue weighted by Crippen LogP contribution is -2.52. The van der Waals surface area contributed by atoms with Gasteiger partial charge in [0.25, 0.3) is 0 Å². The highest BCUT2D eigenvalue weighted by Gasteiger charge is 2.33. The summed E-state index contributed by atoms with van der Waals surface area (Å²) in [5.74, 6) is -0.528. The van der Waals surface area contributed by atoms with Gasteiger partial charge in [0, 0.05) is 20.0 Å². The number of ether oxygens (including phenoxy) is 1. The molecule has 1 N–H and O–H groups in total. The minimum atomic E-state index is -3.87. The Balaban J connectivity index is 2.05. The first kappa shape index (κ1) is 27.7. The highest BCUT2D eigenvalue weighted by molar-refractivity contribution is 7.92. The van der Waals surface area contributed by atoms with E-state index in [2.05, 4.69) is 5.32 Å². The van der Waals surface area contributed by atoms with Gasteiger partial charge in [0.2, 0.25) is 21.8 Å². The highest BCUT2D eigenvalue weighted by Crippen LogP contribution is 2.31. The Hall–Kier alpha value is -3.85. The zero-order valence-corrected chi connectivity index (χ0v) is 22.4. The molecule has 0 unspecified atom stereocenters. The third kappa shape index (κ3) is 7.33. The van der Waals surface area contributed by atoms with Crippen molar-refractivity contribution in [1.82, 2.24) is 10.2 Å². The molecule has 37 heavy (non-hydrogen) atoms. The van der Waals surface area contributed by atoms with Crippen molar-refractivity contribution in [2.75, 3.05) is 31.3 Å². The van der Waals surface area contributed by atoms with Crippen LogP contribution in [-0.4, -0.2) is 58.1 Å². The molecule has 0 spiro atoms. The molecule has 0 bridgehead atoms. The van der Waals surface area contributed by atoms with Crippen LogP contribution >= 0.6 is 0 Å². The van der Waals surface area contributed by atoms with Crippen molar-refractivity contribution in [2.45, 2.75) is 25.9 Å². The van der Waals surface area contributed by atoms with Crippen LogP contribution in [0.2, 0.25) is 0 Å². The summed E-state index contributed by atoms with van der Waals surface area (Å²) in [5.41, 5.74) is 2.77. The average molecular weight is 524 g/mol. The lowest BCUT2D eigenvalue weighted by atomic mass is 10.0. The van der Waals surface area contributed by atoms with Gasteiger partial charge in [0.1, 0.15) is 18.3 Å². The lowest BCUT2D eigenvalue weighted by Gasteiger charge is -2.33. The van der Waals surface area contributed by atoms with Crippen molar-refractivity contribution >= 4 is 27.5 Å². The lowest BCUT2D eigenvalue weighted by molar-refractivity contribution is -0.139. The molecule has 0 fully saturated rings. The quantitative estimate of drug-likeness (QED) is 0.417. The number of hydrogen-bond donors (Lipinski definition) is 1. The molecule has 0 aromatic heterocycles. The third-order valence-electron chi connectivity index (χ3n) is 6.00. The van der Waals surface area contributed by atoms with Crippen LogP contribution in [-0.2, 0) is 32.6 Å². The van der Waals surface area contributed by atoms with Crippen LogP contribution in [0.25, 0.3) is 0 Å². The summed E-state index contributed by atoms with van der Waals surface area (Å²) in [7, 11) is -0.910. The number of likely N-dealkylation sites (N-methyl/N-ethyl adjacent to an activating group) is 1. The van der Waals surface area contributed by atoms with E-state index in [9.17, 15) is 18.0 Å². The molecular weight excluding hydrogens is 490 g/mol. The fraction of sp³-hybridized carbons (Fsp3) is 0.286. The van der Waals surface area contributed by atoms with Crippen molar-refractivity contribution < 1.29 is 22.7 Å². The number of nitrogens with zero attached hydrogens (tertiary/aromatic N) is 2. The second-order valence-corrected chi connectivity index (χ2v) is 10.7. The summed E-state index contributed by atoms with van der Waals surface area (Å²) in [6.07, 6.45) is 1.32. The maximum atomic E-state index is 13.9. The molecule has 8 nitrogen and oxygen atoms in total. The van der Waals surface area contributed by atoms with Crippen LogP contribution in [0.15, 0.2) is 78.9 Å². The Morgan fingerprint density at radius 3 is 2.08 bits per heavy atom. The van der Waals surface area contributed by atoms with E-state index >= 15 is 0 Å². The standard InChI is InChI=1S/C28H33N3O5S/c1-21-15-16-26(36-3)24(17-21)31(37(4,34)35)20-27(32)30(19-23-13-9-6-10-14-23)25(28(33)29-2)18-22-11-7-5-8-12-22/h5-17,25H,18-20H2,1-4H3,(H,29,33)/t25-/m0/s1. The van der Waals surface area contributed by atoms with Gasteiger partial charge in [-0.15, -0.1) is 0 Å². The average Bonchev–Trinajstić information content (AvgIpc) is 2.89. The maximum Gasteiger partial charge on any atom is 0.244 e. The Bertz CT molecular complexity index is 1310. The highest BCUT2D eigenvalue weighted by atomic mass is 32.2. The number of hydrogen-bond acceptors (Lipinski definition) is 5. The molecule has 3 aromatic rings. The zero-order chi connectivity index (χ0) is 27.0. The third-order valence-corrected chi connectivity index (χ3v) is 7.12. The van der Waals surface area contributed by atoms with Gasteiger partial charge < -0.3 is 15.0 Å². The first-order chi connectivity index (χ1) is 17.6. The van der Waals surface area contributed by atoms with Gasteiger partial charge in [-0.1, -0.05) is 66.7 Å². The van der Waals surface area contributed by atoms with Crippen molar-refractivity contribution in [3.8, 4) is 5.75 Å². The van der Waals surface area contributed by atoms with Crippen LogP contribution in [0.5, 0.6) is 5.75 Å². The van der Waals surface area contributed by atoms with Crippen molar-refractivity contribution in [3.05, 3.63) is 95.6 Å². The van der Waals surface area contributed by atoms with Crippen LogP contribution < -0.4 is 14.4 Å². The van der Waals surface area contributed by atoms with E-state index in [1.165, 1.54) is 19.1 Å². The minimum Gasteiger partial charge on any atom is -0.495 e. The topological polar surface area (TPSA) is 96.0 Å². The number of carbonyl (C=O) groups excluding carboxylic acids is 2. The van der Waals surface area contributed by atoms with E-state index in [4.69, 9.17) is 4.74 Å². The number of methoxy groups -OCH3 is 1. The monoisotopic (exact) mass is 523 g/mol. The largest absolute Gasteiger partial charge is 0.495 e. The number of benzene rings is 3. The smallest absolute Gasteiger partial charge is 0.244 e. The van der Waals surface area contributed by atoms with E-state index in [1.807, 2.05) is 67.6 Å². The maximum absolute atomic E-state index is 13.9. The summed E-state index contributed by atoms with van der Waals surface area (Å²) in [6.45, 7) is 1.47. The Kier molecular flexibility index (Phi) is 9.30. The minimum absolute atomic E-state index is 0.132. The molecular formula is C28H33N3O5S. The fourth-order valence-electron chi connectivity index (χ4n) is 4.09. The number of rotatable bonds is 11. The van der Waals surface area contributed by atoms with Crippen molar-refractivity contribution in [1.29, 1.82) is 0 Å². The summed E-state index contributed by atoms with van der Waals surface area (Å²) < 4.78 is 32.2. The van der Waals surface area contributed by atoms with E-state index in [-0.39, 0.29) is 24.6 Å². The fourth-order valence-corrected chi connectivity index (χ4v) is 4.94. The second-order valence-electron chi connectivity index (χ2n) is 8.77. The van der Waals surface area contributed by atoms with E-state index in [0.717, 1.165) is 27.3 Å². The van der Waals surface area contributed by atoms with Gasteiger partial charge in [0.05, 0.1) is 19.1 Å². The number of anilines is 1. The number of nitrogens with one attached hydrogen (secondary N) is 1. The number of sulfonamides is 1. The molecule has 9 heteroatoms. The summed E-state index contributed by atoms with van der Waals surface area (Å²) in [6, 6.07) is 23.0. The van der Waals surface area contributed by atoms with Gasteiger partial charge >= 0.3 is 0 Å². The Morgan fingerprint density at radius 2 is 1.54 bits per heavy atom. The molecule has 0 saturated carbocycles. The molecule has 1 atom stereocenters. The van der Waals surface area contributed by atoms with Gasteiger partial charge in [-0.05, 0) is 35.7 Å². The molecule has 196 valence electrons. The zero-order valence-electron chi connectivity index (χ0n) is 21.5. The van der Waals surface area contributed by atoms with Gasteiger partial charge in [-0.2, -0.15) is 0 Å². The van der Waals surface area contributed by atoms with Crippen LogP contribution in [0, 0.1) is 6.92 Å². The molecule has 2 amide bonds. The summed E-state index contributed by atoms with van der Waals surface area (Å²) in [5, 5.41) is 2.66. The first-order valence-electron chi connectivity index (χ1n) is 11.8. The molecule has 0 aliphatic heterocycles. The van der Waals surface area contributed by atoms with Gasteiger partial charge in [-0.25, -0.2) is 8.42 Å². The predicted octanol–water partition coefficient (Wildman–Crippen LogP) is 3.16. The Morgan fingerprint density at radius 1 is 0.946 bits per heavy atom. The molecule has 0 saturated heterocycles. The summed E-state index contributed by atoms with van der Waals surface area (Å²) in [4.78, 5) is 28.5. The van der Waals surface area contributed by atoms with Crippen LogP contribution in [0.3, 0.4) is 0 Å². The number of aryl methyl sites for hydroxylation is 1. The predicted molar refractivity (Wildman–Crippen MR) is 145 cm³/mol. The van der Waals surface area contributed by atoms with E-state index < -0.39 is 28.5 Å². The SMILES string of the molecule is CNC(=O)[C@H](Cc1ccccc1)N(Cc1ccccc1)C(=O)CN(c1cc(C)ccc1OC)S(C)(=O)=O. The van der Waals surface area contributed by atoms with Crippen molar-refractivity contribution in [3.63, 3.8) is 0 Å². The van der Waals surface area contributed by atoms with E-state index in [0.29, 0.717) is 5.75 Å². The van der Waals surface area contributed by atoms with Crippen molar-refractivity contribution in [2.24, 2.45) is 0 Å². The molecule has 0 radical (unpaired) electrons. The van der Waals surface area contributed by atoms with E-state index in [1.54, 1.807) is 18.2 Å². The Labute approximate surface area is 218 Å². The normalized spacial score (nSPS) is 11.9. The second kappa shape index (κ2) is 12.4. The molecule has 3 rings (SSSR count). The first-order valence-corrected chi connectivity index (χ1v) is 13.7. The number of amides is 2. The summed E-state index contributed by atoms with van der Waals surface area (Å²) >= 11 is 0. The van der Waals surface area contributed by atoms with Gasteiger partial charge in [0.15, 0.2) is 0 Å². The molecule has 0 aliphatic carbocycles. The number of carbonyl (C=O) groups is 2. The molecule has 0 aliphatic rings. The molecule has 0 heterocycles. The van der Waals surface area contributed by atoms with Crippen LogP contribution in [0.1, 0.15) is 16.7 Å².